The summed E-state index contributed by atoms with van der Waals surface area (Å²) in [4.78, 5) is 9.47. The maximum Gasteiger partial charge on any atom is 0.0513 e. The molecule has 0 aromatic rings. The number of carbonyl (C=O) groups is 1. The molecule has 6 heavy (non-hydrogen) atoms. The lowest BCUT2D eigenvalue weighted by atomic mass is 10.8. The zero-order valence-corrected chi connectivity index (χ0v) is 4.25. The summed E-state index contributed by atoms with van der Waals surface area (Å²) >= 11 is 1.25. The molecule has 0 aromatic heterocycles. The van der Waals surface area contributed by atoms with Gasteiger partial charge in [-0.3, -0.25) is 0 Å². The second-order valence-electron chi connectivity index (χ2n) is 0.805. The third-order valence-electron chi connectivity index (χ3n) is 0.262. The second kappa shape index (κ2) is 3.03. The van der Waals surface area contributed by atoms with Crippen LogP contribution in [0.2, 0.25) is 0 Å². The van der Waals surface area contributed by atoms with Gasteiger partial charge < -0.3 is 9.90 Å². The van der Waals surface area contributed by atoms with E-state index in [0.29, 0.717) is 0 Å². The van der Waals surface area contributed by atoms with Gasteiger partial charge in [-0.25, -0.2) is 0 Å². The van der Waals surface area contributed by atoms with Gasteiger partial charge in [-0.1, -0.05) is 0 Å². The van der Waals surface area contributed by atoms with Crippen LogP contribution in [0, 0.1) is 0 Å². The van der Waals surface area contributed by atoms with E-state index in [1.807, 2.05) is 0 Å². The zero-order chi connectivity index (χ0) is 4.99. The molecule has 0 amide bonds. The minimum Gasteiger partial charge on any atom is -0.549 e. The molecule has 2 nitrogen and oxygen atoms in total. The Morgan fingerprint density at radius 2 is 2.50 bits per heavy atom. The number of thioether (sulfide) groups is 1. The summed E-state index contributed by atoms with van der Waals surface area (Å²) in [5, 5.41) is 9.47. The highest BCUT2D eigenvalue weighted by atomic mass is 32.2. The van der Waals surface area contributed by atoms with Gasteiger partial charge in [0.1, 0.15) is 0 Å². The second-order valence-corrected chi connectivity index (χ2v) is 1.67. The molecular weight excluding hydrogens is 100 g/mol. The SMILES string of the molecule is CSCC(=O)[O-]. The van der Waals surface area contributed by atoms with Crippen LogP contribution in [0.4, 0.5) is 0 Å². The van der Waals surface area contributed by atoms with Gasteiger partial charge in [-0.05, 0) is 6.26 Å². The number of carboxylic acid groups (broad SMARTS) is 1. The van der Waals surface area contributed by atoms with Crippen molar-refractivity contribution >= 4 is 17.7 Å². The molecule has 36 valence electrons. The van der Waals surface area contributed by atoms with E-state index in [1.54, 1.807) is 6.26 Å². The van der Waals surface area contributed by atoms with E-state index in [9.17, 15) is 9.90 Å². The maximum absolute atomic E-state index is 9.47. The van der Waals surface area contributed by atoms with Crippen LogP contribution in [0.1, 0.15) is 0 Å². The highest BCUT2D eigenvalue weighted by molar-refractivity contribution is 7.99. The van der Waals surface area contributed by atoms with Crippen molar-refractivity contribution in [1.82, 2.24) is 0 Å². The van der Waals surface area contributed by atoms with Crippen molar-refractivity contribution in [2.75, 3.05) is 12.0 Å². The Balaban J connectivity index is 2.83. The summed E-state index contributed by atoms with van der Waals surface area (Å²) in [5.41, 5.74) is 0. The lowest BCUT2D eigenvalue weighted by molar-refractivity contribution is -0.301. The molecule has 0 bridgehead atoms. The van der Waals surface area contributed by atoms with Crippen LogP contribution >= 0.6 is 11.8 Å². The van der Waals surface area contributed by atoms with E-state index in [2.05, 4.69) is 0 Å². The summed E-state index contributed by atoms with van der Waals surface area (Å²) in [7, 11) is 0. The first kappa shape index (κ1) is 5.82. The summed E-state index contributed by atoms with van der Waals surface area (Å²) in [6, 6.07) is 0. The van der Waals surface area contributed by atoms with Crippen molar-refractivity contribution in [2.45, 2.75) is 0 Å². The molecule has 0 atom stereocenters. The molecule has 0 saturated heterocycles. The predicted molar refractivity (Wildman–Crippen MR) is 23.4 cm³/mol. The van der Waals surface area contributed by atoms with Gasteiger partial charge in [-0.15, -0.1) is 0 Å². The van der Waals surface area contributed by atoms with E-state index >= 15 is 0 Å². The number of hydrogen-bond acceptors (Lipinski definition) is 3. The Morgan fingerprint density at radius 1 is 2.00 bits per heavy atom. The van der Waals surface area contributed by atoms with Crippen LogP contribution in [0.3, 0.4) is 0 Å². The fraction of sp³-hybridized carbons (Fsp3) is 0.667. The van der Waals surface area contributed by atoms with Crippen LogP contribution in [-0.4, -0.2) is 18.0 Å². The molecule has 0 unspecified atom stereocenters. The highest BCUT2D eigenvalue weighted by Gasteiger charge is 1.75. The minimum absolute atomic E-state index is 0.0972. The minimum atomic E-state index is -0.998. The van der Waals surface area contributed by atoms with Crippen molar-refractivity contribution in [1.29, 1.82) is 0 Å². The molecule has 0 N–H and O–H groups in total. The van der Waals surface area contributed by atoms with Crippen LogP contribution < -0.4 is 5.11 Å². The Labute approximate surface area is 40.5 Å². The summed E-state index contributed by atoms with van der Waals surface area (Å²) in [6.07, 6.45) is 1.72. The first-order valence-corrected chi connectivity index (χ1v) is 2.85. The Morgan fingerprint density at radius 3 is 2.50 bits per heavy atom. The number of hydrogen-bond donors (Lipinski definition) is 0. The Kier molecular flexibility index (Phi) is 2.94. The first-order chi connectivity index (χ1) is 2.77. The molecule has 0 aliphatic rings. The van der Waals surface area contributed by atoms with Gasteiger partial charge >= 0.3 is 0 Å². The molecule has 0 aliphatic heterocycles. The molecule has 0 fully saturated rings. The van der Waals surface area contributed by atoms with E-state index < -0.39 is 5.97 Å². The average Bonchev–Trinajstić information content (AvgIpc) is 1.35. The summed E-state index contributed by atoms with van der Waals surface area (Å²) < 4.78 is 0. The van der Waals surface area contributed by atoms with Gasteiger partial charge in [-0.2, -0.15) is 11.8 Å². The van der Waals surface area contributed by atoms with Crippen LogP contribution in [0.25, 0.3) is 0 Å². The standard InChI is InChI=1S/C3H6O2S/c1-6-2-3(4)5/h2H2,1H3,(H,4,5)/p-1. The fourth-order valence-electron chi connectivity index (χ4n) is 0.118. The first-order valence-electron chi connectivity index (χ1n) is 1.46. The van der Waals surface area contributed by atoms with Crippen LogP contribution in [0.5, 0.6) is 0 Å². The van der Waals surface area contributed by atoms with Gasteiger partial charge in [0.25, 0.3) is 0 Å². The van der Waals surface area contributed by atoms with E-state index in [1.165, 1.54) is 11.8 Å². The quantitative estimate of drug-likeness (QED) is 0.457. The van der Waals surface area contributed by atoms with Crippen molar-refractivity contribution in [3.63, 3.8) is 0 Å². The van der Waals surface area contributed by atoms with E-state index in [-0.39, 0.29) is 5.75 Å². The van der Waals surface area contributed by atoms with Crippen molar-refractivity contribution in [3.05, 3.63) is 0 Å². The van der Waals surface area contributed by atoms with Crippen LogP contribution in [-0.2, 0) is 4.79 Å². The normalized spacial score (nSPS) is 8.17. The van der Waals surface area contributed by atoms with Crippen molar-refractivity contribution < 1.29 is 9.90 Å². The molecule has 0 radical (unpaired) electrons. The number of rotatable bonds is 2. The average molecular weight is 105 g/mol. The number of aliphatic carboxylic acids is 1. The summed E-state index contributed by atoms with van der Waals surface area (Å²) in [6.45, 7) is 0. The van der Waals surface area contributed by atoms with Gasteiger partial charge in [0.15, 0.2) is 0 Å². The fourth-order valence-corrected chi connectivity index (χ4v) is 0.354. The largest absolute Gasteiger partial charge is 0.549 e. The molecule has 0 aliphatic carbocycles. The molecule has 0 aromatic carbocycles. The van der Waals surface area contributed by atoms with E-state index in [0.717, 1.165) is 0 Å². The van der Waals surface area contributed by atoms with Crippen molar-refractivity contribution in [2.24, 2.45) is 0 Å². The number of carboxylic acids is 1. The highest BCUT2D eigenvalue weighted by Crippen LogP contribution is 1.85. The Bertz CT molecular complexity index is 52.8. The lowest BCUT2D eigenvalue weighted by Gasteiger charge is -1.92. The third kappa shape index (κ3) is 3.82. The zero-order valence-electron chi connectivity index (χ0n) is 3.43. The lowest BCUT2D eigenvalue weighted by Crippen LogP contribution is -2.24. The number of carbonyl (C=O) groups excluding carboxylic acids is 1. The van der Waals surface area contributed by atoms with Gasteiger partial charge in [0.05, 0.1) is 5.97 Å². The molecule has 0 spiro atoms. The molecule has 0 heterocycles. The molecular formula is C3H5O2S-. The van der Waals surface area contributed by atoms with Crippen molar-refractivity contribution in [3.8, 4) is 0 Å². The van der Waals surface area contributed by atoms with Gasteiger partial charge in [0, 0.05) is 5.75 Å². The monoisotopic (exact) mass is 105 g/mol. The van der Waals surface area contributed by atoms with Gasteiger partial charge in [0.2, 0.25) is 0 Å². The van der Waals surface area contributed by atoms with E-state index in [4.69, 9.17) is 0 Å². The molecule has 3 heteroatoms. The van der Waals surface area contributed by atoms with Crippen LogP contribution in [0.15, 0.2) is 0 Å². The smallest absolute Gasteiger partial charge is 0.0513 e. The third-order valence-corrected chi connectivity index (χ3v) is 0.787. The predicted octanol–water partition coefficient (Wildman–Crippen LogP) is -0.901. The summed E-state index contributed by atoms with van der Waals surface area (Å²) in [5.74, 6) is -0.900. The topological polar surface area (TPSA) is 40.1 Å². The Hall–Kier alpha value is -0.180. The molecule has 0 rings (SSSR count). The maximum atomic E-state index is 9.47. The molecule has 0 saturated carbocycles.